The highest BCUT2D eigenvalue weighted by Crippen LogP contribution is 2.29. The largest absolute Gasteiger partial charge is 0.461 e. The van der Waals surface area contributed by atoms with Crippen LogP contribution >= 0.6 is 35.4 Å². The van der Waals surface area contributed by atoms with Crippen molar-refractivity contribution in [1.29, 1.82) is 0 Å². The average Bonchev–Trinajstić information content (AvgIpc) is 2.49. The number of carbonyl (C=O) groups excluding carboxylic acids is 1. The molecule has 0 radical (unpaired) electrons. The van der Waals surface area contributed by atoms with Crippen molar-refractivity contribution >= 4 is 63.6 Å². The summed E-state index contributed by atoms with van der Waals surface area (Å²) in [5.74, 6) is -0.663. The number of thiocarbonyl (C=S) groups is 1. The Balaban J connectivity index is 3.08. The number of ether oxygens (including phenoxy) is 1. The number of hydrazone groups is 2. The fourth-order valence-corrected chi connectivity index (χ4v) is 1.76. The number of halogens is 2. The highest BCUT2D eigenvalue weighted by atomic mass is 35.5. The van der Waals surface area contributed by atoms with Crippen LogP contribution in [0.3, 0.4) is 0 Å². The van der Waals surface area contributed by atoms with Gasteiger partial charge < -0.3 is 10.5 Å². The van der Waals surface area contributed by atoms with E-state index >= 15 is 0 Å². The maximum atomic E-state index is 12.0. The van der Waals surface area contributed by atoms with E-state index in [1.54, 1.807) is 32.0 Å². The van der Waals surface area contributed by atoms with Crippen LogP contribution in [0.1, 0.15) is 13.8 Å². The van der Waals surface area contributed by atoms with Crippen LogP contribution in [0.5, 0.6) is 0 Å². The Labute approximate surface area is 148 Å². The Kier molecular flexibility index (Phi) is 7.73. The van der Waals surface area contributed by atoms with Crippen LogP contribution in [0.25, 0.3) is 0 Å². The van der Waals surface area contributed by atoms with Crippen molar-refractivity contribution < 1.29 is 9.53 Å². The molecular formula is C13H15Cl2N5O2S. The average molecular weight is 376 g/mol. The number of hydrogen-bond acceptors (Lipinski definition) is 6. The molecule has 0 unspecified atom stereocenters. The molecule has 0 amide bonds. The van der Waals surface area contributed by atoms with Gasteiger partial charge in [-0.15, -0.1) is 0 Å². The third-order valence-corrected chi connectivity index (χ3v) is 3.30. The molecule has 0 spiro atoms. The van der Waals surface area contributed by atoms with Crippen LogP contribution in [0.2, 0.25) is 10.0 Å². The summed E-state index contributed by atoms with van der Waals surface area (Å²) >= 11 is 16.6. The molecule has 0 atom stereocenters. The number of hydrogen-bond donors (Lipinski definition) is 3. The molecule has 0 aliphatic carbocycles. The number of carbonyl (C=O) groups is 1. The predicted octanol–water partition coefficient (Wildman–Crippen LogP) is 2.53. The molecule has 23 heavy (non-hydrogen) atoms. The van der Waals surface area contributed by atoms with Crippen molar-refractivity contribution in [3.8, 4) is 0 Å². The molecule has 0 aromatic heterocycles. The lowest BCUT2D eigenvalue weighted by molar-refractivity contribution is -0.134. The molecule has 0 heterocycles. The number of nitrogens with zero attached hydrogens (tertiary/aromatic N) is 2. The monoisotopic (exact) mass is 375 g/mol. The second-order valence-electron chi connectivity index (χ2n) is 4.07. The van der Waals surface area contributed by atoms with E-state index in [0.717, 1.165) is 0 Å². The lowest BCUT2D eigenvalue weighted by Crippen LogP contribution is -2.30. The summed E-state index contributed by atoms with van der Waals surface area (Å²) in [5, 5.41) is 8.42. The van der Waals surface area contributed by atoms with Crippen molar-refractivity contribution in [3.05, 3.63) is 28.2 Å². The summed E-state index contributed by atoms with van der Waals surface area (Å²) in [5.41, 5.74) is 10.9. The Hall–Kier alpha value is -1.90. The molecule has 124 valence electrons. The number of nitrogens with two attached hydrogens (primary N) is 1. The SMILES string of the molecule is CCOC(=O)C(=N\Nc1cccc(Cl)c1Cl)/C(C)=N/NC(N)=S. The quantitative estimate of drug-likeness (QED) is 0.305. The third-order valence-electron chi connectivity index (χ3n) is 2.39. The molecule has 0 saturated heterocycles. The standard InChI is InChI=1S/C13H15Cl2N5O2S/c1-3-22-12(21)11(7(2)17-20-13(16)23)19-18-9-6-4-5-8(14)10(9)15/h4-6,18H,3H2,1-2H3,(H3,16,20,23)/b17-7+,19-11-. The number of rotatable bonds is 6. The van der Waals surface area contributed by atoms with Crippen molar-refractivity contribution in [1.82, 2.24) is 5.43 Å². The summed E-state index contributed by atoms with van der Waals surface area (Å²) in [4.78, 5) is 12.0. The van der Waals surface area contributed by atoms with E-state index in [0.29, 0.717) is 10.7 Å². The van der Waals surface area contributed by atoms with Crippen LogP contribution in [-0.2, 0) is 9.53 Å². The van der Waals surface area contributed by atoms with Crippen molar-refractivity contribution in [2.24, 2.45) is 15.9 Å². The molecule has 0 fully saturated rings. The normalized spacial score (nSPS) is 11.8. The van der Waals surface area contributed by atoms with E-state index in [1.807, 2.05) is 0 Å². The number of nitrogens with one attached hydrogen (secondary N) is 2. The van der Waals surface area contributed by atoms with E-state index in [4.69, 9.17) is 33.7 Å². The van der Waals surface area contributed by atoms with Gasteiger partial charge in [0.15, 0.2) is 10.8 Å². The molecule has 0 aliphatic heterocycles. The van der Waals surface area contributed by atoms with Crippen molar-refractivity contribution in [2.75, 3.05) is 12.0 Å². The van der Waals surface area contributed by atoms with E-state index in [9.17, 15) is 4.79 Å². The maximum Gasteiger partial charge on any atom is 0.360 e. The minimum Gasteiger partial charge on any atom is -0.461 e. The molecular weight excluding hydrogens is 361 g/mol. The molecule has 1 aromatic rings. The van der Waals surface area contributed by atoms with Gasteiger partial charge in [-0.3, -0.25) is 10.9 Å². The zero-order valence-electron chi connectivity index (χ0n) is 12.4. The fraction of sp³-hybridized carbons (Fsp3) is 0.231. The lowest BCUT2D eigenvalue weighted by Gasteiger charge is -2.08. The summed E-state index contributed by atoms with van der Waals surface area (Å²) in [6.07, 6.45) is 0. The van der Waals surface area contributed by atoms with E-state index in [1.165, 1.54) is 0 Å². The molecule has 1 aromatic carbocycles. The molecule has 0 bridgehead atoms. The molecule has 0 saturated carbocycles. The Morgan fingerprint density at radius 2 is 2.09 bits per heavy atom. The van der Waals surface area contributed by atoms with Crippen LogP contribution in [0, 0.1) is 0 Å². The topological polar surface area (TPSA) is 101 Å². The summed E-state index contributed by atoms with van der Waals surface area (Å²) < 4.78 is 4.93. The first-order valence-corrected chi connectivity index (χ1v) is 7.58. The number of benzene rings is 1. The van der Waals surface area contributed by atoms with Gasteiger partial charge in [0.05, 0.1) is 28.1 Å². The number of anilines is 1. The lowest BCUT2D eigenvalue weighted by atomic mass is 10.2. The maximum absolute atomic E-state index is 12.0. The molecule has 0 aliphatic rings. The Morgan fingerprint density at radius 1 is 1.39 bits per heavy atom. The first-order chi connectivity index (χ1) is 10.9. The van der Waals surface area contributed by atoms with Crippen molar-refractivity contribution in [2.45, 2.75) is 13.8 Å². The van der Waals surface area contributed by atoms with Gasteiger partial charge in [-0.1, -0.05) is 29.3 Å². The van der Waals surface area contributed by atoms with Gasteiger partial charge in [0.1, 0.15) is 0 Å². The second kappa shape index (κ2) is 9.29. The minimum atomic E-state index is -0.663. The van der Waals surface area contributed by atoms with Gasteiger partial charge in [0, 0.05) is 0 Å². The van der Waals surface area contributed by atoms with Crippen LogP contribution < -0.4 is 16.6 Å². The van der Waals surface area contributed by atoms with E-state index in [-0.39, 0.29) is 28.2 Å². The molecule has 10 heteroatoms. The van der Waals surface area contributed by atoms with Gasteiger partial charge in [0.2, 0.25) is 0 Å². The highest BCUT2D eigenvalue weighted by molar-refractivity contribution is 7.80. The van der Waals surface area contributed by atoms with Gasteiger partial charge in [-0.05, 0) is 38.2 Å². The second-order valence-corrected chi connectivity index (χ2v) is 5.29. The van der Waals surface area contributed by atoms with Gasteiger partial charge >= 0.3 is 5.97 Å². The molecule has 1 rings (SSSR count). The fourth-order valence-electron chi connectivity index (χ4n) is 1.37. The summed E-state index contributed by atoms with van der Waals surface area (Å²) in [6, 6.07) is 4.97. The minimum absolute atomic E-state index is 0.0431. The smallest absolute Gasteiger partial charge is 0.360 e. The van der Waals surface area contributed by atoms with Crippen LogP contribution in [0.15, 0.2) is 28.4 Å². The first-order valence-electron chi connectivity index (χ1n) is 6.41. The Bertz CT molecular complexity index is 664. The van der Waals surface area contributed by atoms with Crippen molar-refractivity contribution in [3.63, 3.8) is 0 Å². The Morgan fingerprint density at radius 3 is 2.70 bits per heavy atom. The van der Waals surface area contributed by atoms with Crippen LogP contribution in [0.4, 0.5) is 5.69 Å². The number of esters is 1. The van der Waals surface area contributed by atoms with E-state index in [2.05, 4.69) is 33.3 Å². The first kappa shape index (κ1) is 19.1. The highest BCUT2D eigenvalue weighted by Gasteiger charge is 2.17. The van der Waals surface area contributed by atoms with E-state index < -0.39 is 5.97 Å². The summed E-state index contributed by atoms with van der Waals surface area (Å²) in [7, 11) is 0. The van der Waals surface area contributed by atoms with Gasteiger partial charge in [-0.2, -0.15) is 10.2 Å². The van der Waals surface area contributed by atoms with Crippen LogP contribution in [-0.4, -0.2) is 29.1 Å². The predicted molar refractivity (Wildman–Crippen MR) is 97.2 cm³/mol. The zero-order valence-corrected chi connectivity index (χ0v) is 14.7. The zero-order chi connectivity index (χ0) is 17.4. The van der Waals surface area contributed by atoms with Gasteiger partial charge in [-0.25, -0.2) is 4.79 Å². The van der Waals surface area contributed by atoms with Gasteiger partial charge in [0.25, 0.3) is 0 Å². The summed E-state index contributed by atoms with van der Waals surface area (Å²) in [6.45, 7) is 3.41. The molecule has 4 N–H and O–H groups in total. The third kappa shape index (κ3) is 6.01. The molecule has 7 nitrogen and oxygen atoms in total.